The molecule has 2 rings (SSSR count). The Morgan fingerprint density at radius 3 is 2.61 bits per heavy atom. The maximum atomic E-state index is 10.9. The predicted octanol–water partition coefficient (Wildman–Crippen LogP) is 2.83. The zero-order valence-corrected chi connectivity index (χ0v) is 11.0. The van der Waals surface area contributed by atoms with Crippen LogP contribution in [-0.2, 0) is 0 Å². The van der Waals surface area contributed by atoms with E-state index >= 15 is 0 Å². The van der Waals surface area contributed by atoms with E-state index in [0.29, 0.717) is 5.92 Å². The number of methoxy groups -OCH3 is 1. The van der Waals surface area contributed by atoms with Gasteiger partial charge in [-0.25, -0.2) is 0 Å². The van der Waals surface area contributed by atoms with Crippen molar-refractivity contribution in [2.45, 2.75) is 25.3 Å². The molecule has 0 amide bonds. The molecule has 1 aliphatic rings. The largest absolute Gasteiger partial charge is 0.490 e. The fraction of sp³-hybridized carbons (Fsp3) is 0.500. The van der Waals surface area contributed by atoms with Crippen LogP contribution in [0.15, 0.2) is 18.2 Å². The molecular weight excluding hydrogens is 256 g/mol. The monoisotopic (exact) mass is 272 g/mol. The molecule has 1 aromatic carbocycles. The Balaban J connectivity index is 0.00000162. The molecule has 5 nitrogen and oxygen atoms in total. The highest BCUT2D eigenvalue weighted by Gasteiger charge is 2.27. The van der Waals surface area contributed by atoms with Gasteiger partial charge < -0.3 is 10.5 Å². The van der Waals surface area contributed by atoms with Gasteiger partial charge >= 0.3 is 5.69 Å². The quantitative estimate of drug-likeness (QED) is 0.675. The fourth-order valence-electron chi connectivity index (χ4n) is 2.13. The highest BCUT2D eigenvalue weighted by molar-refractivity contribution is 5.85. The first kappa shape index (κ1) is 14.7. The van der Waals surface area contributed by atoms with Crippen LogP contribution in [0.5, 0.6) is 5.75 Å². The van der Waals surface area contributed by atoms with E-state index in [1.165, 1.54) is 19.6 Å². The number of nitrogens with zero attached hydrogens (tertiary/aromatic N) is 1. The Kier molecular flexibility index (Phi) is 4.93. The van der Waals surface area contributed by atoms with Gasteiger partial charge in [0.15, 0.2) is 5.75 Å². The molecular formula is C12H17ClN2O3. The highest BCUT2D eigenvalue weighted by atomic mass is 35.5. The van der Waals surface area contributed by atoms with E-state index in [-0.39, 0.29) is 29.9 Å². The molecule has 0 radical (unpaired) electrons. The lowest BCUT2D eigenvalue weighted by Crippen LogP contribution is -2.26. The van der Waals surface area contributed by atoms with E-state index < -0.39 is 4.92 Å². The summed E-state index contributed by atoms with van der Waals surface area (Å²) in [4.78, 5) is 10.5. The number of benzene rings is 1. The SMILES string of the molecule is COc1ccc([C@@H](N)C2CCC2)cc1[N+](=O)[O-].Cl. The third-order valence-electron chi connectivity index (χ3n) is 3.44. The first-order valence-corrected chi connectivity index (χ1v) is 5.71. The summed E-state index contributed by atoms with van der Waals surface area (Å²) >= 11 is 0. The van der Waals surface area contributed by atoms with E-state index in [2.05, 4.69) is 0 Å². The second-order valence-electron chi connectivity index (χ2n) is 4.41. The molecule has 1 aromatic rings. The van der Waals surface area contributed by atoms with Crippen molar-refractivity contribution in [1.29, 1.82) is 0 Å². The first-order valence-electron chi connectivity index (χ1n) is 5.71. The number of nitro groups is 1. The number of nitrogens with two attached hydrogens (primary N) is 1. The highest BCUT2D eigenvalue weighted by Crippen LogP contribution is 2.38. The third kappa shape index (κ3) is 2.73. The van der Waals surface area contributed by atoms with Gasteiger partial charge in [-0.1, -0.05) is 12.5 Å². The minimum atomic E-state index is -0.435. The topological polar surface area (TPSA) is 78.4 Å². The van der Waals surface area contributed by atoms with Crippen molar-refractivity contribution in [3.05, 3.63) is 33.9 Å². The normalized spacial score (nSPS) is 16.3. The molecule has 1 saturated carbocycles. The van der Waals surface area contributed by atoms with Crippen molar-refractivity contribution in [2.75, 3.05) is 7.11 Å². The minimum absolute atomic E-state index is 0. The molecule has 0 unspecified atom stereocenters. The lowest BCUT2D eigenvalue weighted by Gasteiger charge is -2.31. The molecule has 1 aliphatic carbocycles. The number of ether oxygens (including phenoxy) is 1. The van der Waals surface area contributed by atoms with Gasteiger partial charge in [-0.3, -0.25) is 10.1 Å². The van der Waals surface area contributed by atoms with Gasteiger partial charge in [0.2, 0.25) is 0 Å². The molecule has 0 aromatic heterocycles. The Morgan fingerprint density at radius 1 is 1.50 bits per heavy atom. The van der Waals surface area contributed by atoms with E-state index in [1.807, 2.05) is 6.07 Å². The van der Waals surface area contributed by atoms with Gasteiger partial charge in [-0.2, -0.15) is 0 Å². The van der Waals surface area contributed by atoms with E-state index in [4.69, 9.17) is 10.5 Å². The standard InChI is InChI=1S/C12H16N2O3.ClH/c1-17-11-6-5-9(7-10(11)14(15)16)12(13)8-3-2-4-8;/h5-8,12H,2-4,13H2,1H3;1H/t12-;/m0./s1. The fourth-order valence-corrected chi connectivity index (χ4v) is 2.13. The van der Waals surface area contributed by atoms with Crippen molar-refractivity contribution in [3.8, 4) is 5.75 Å². The van der Waals surface area contributed by atoms with Crippen molar-refractivity contribution in [1.82, 2.24) is 0 Å². The van der Waals surface area contributed by atoms with Crippen LogP contribution < -0.4 is 10.5 Å². The summed E-state index contributed by atoms with van der Waals surface area (Å²) in [6.07, 6.45) is 3.43. The Bertz CT molecular complexity index is 435. The zero-order chi connectivity index (χ0) is 12.4. The summed E-state index contributed by atoms with van der Waals surface area (Å²) in [5.41, 5.74) is 6.90. The van der Waals surface area contributed by atoms with Crippen molar-refractivity contribution < 1.29 is 9.66 Å². The maximum absolute atomic E-state index is 10.9. The van der Waals surface area contributed by atoms with Crippen LogP contribution in [0, 0.1) is 16.0 Å². The maximum Gasteiger partial charge on any atom is 0.311 e. The predicted molar refractivity (Wildman–Crippen MR) is 71.2 cm³/mol. The van der Waals surface area contributed by atoms with Crippen molar-refractivity contribution in [2.24, 2.45) is 11.7 Å². The lowest BCUT2D eigenvalue weighted by molar-refractivity contribution is -0.385. The molecule has 0 spiro atoms. The third-order valence-corrected chi connectivity index (χ3v) is 3.44. The van der Waals surface area contributed by atoms with Crippen LogP contribution in [0.25, 0.3) is 0 Å². The molecule has 1 fully saturated rings. The van der Waals surface area contributed by atoms with Crippen molar-refractivity contribution in [3.63, 3.8) is 0 Å². The van der Waals surface area contributed by atoms with Crippen molar-refractivity contribution >= 4 is 18.1 Å². The Labute approximate surface area is 112 Å². The minimum Gasteiger partial charge on any atom is -0.490 e. The van der Waals surface area contributed by atoms with Crippen LogP contribution in [0.3, 0.4) is 0 Å². The number of nitro benzene ring substituents is 1. The summed E-state index contributed by atoms with van der Waals surface area (Å²) in [5, 5.41) is 10.9. The smallest absolute Gasteiger partial charge is 0.311 e. The van der Waals surface area contributed by atoms with E-state index in [1.54, 1.807) is 6.07 Å². The van der Waals surface area contributed by atoms with Gasteiger partial charge in [0, 0.05) is 12.1 Å². The zero-order valence-electron chi connectivity index (χ0n) is 10.2. The number of halogens is 1. The van der Waals surface area contributed by atoms with Crippen LogP contribution in [-0.4, -0.2) is 12.0 Å². The van der Waals surface area contributed by atoms with Gasteiger partial charge in [-0.05, 0) is 30.4 Å². The molecule has 18 heavy (non-hydrogen) atoms. The molecule has 0 heterocycles. The molecule has 100 valence electrons. The summed E-state index contributed by atoms with van der Waals surface area (Å²) in [6.45, 7) is 0. The summed E-state index contributed by atoms with van der Waals surface area (Å²) in [6, 6.07) is 4.86. The van der Waals surface area contributed by atoms with Crippen LogP contribution in [0.4, 0.5) is 5.69 Å². The summed E-state index contributed by atoms with van der Waals surface area (Å²) in [7, 11) is 1.42. The van der Waals surface area contributed by atoms with E-state index in [0.717, 1.165) is 18.4 Å². The molecule has 0 saturated heterocycles. The first-order chi connectivity index (χ1) is 8.13. The second kappa shape index (κ2) is 6.02. The van der Waals surface area contributed by atoms with Gasteiger partial charge in [0.05, 0.1) is 12.0 Å². The average molecular weight is 273 g/mol. The number of rotatable bonds is 4. The average Bonchev–Trinajstić information content (AvgIpc) is 2.25. The van der Waals surface area contributed by atoms with Gasteiger partial charge in [0.1, 0.15) is 0 Å². The summed E-state index contributed by atoms with van der Waals surface area (Å²) in [5.74, 6) is 0.738. The van der Waals surface area contributed by atoms with Gasteiger partial charge in [0.25, 0.3) is 0 Å². The Morgan fingerprint density at radius 2 is 2.17 bits per heavy atom. The van der Waals surface area contributed by atoms with Crippen LogP contribution >= 0.6 is 12.4 Å². The Hall–Kier alpha value is -1.33. The molecule has 0 aliphatic heterocycles. The number of hydrogen-bond acceptors (Lipinski definition) is 4. The molecule has 2 N–H and O–H groups in total. The molecule has 0 bridgehead atoms. The number of hydrogen-bond donors (Lipinski definition) is 1. The molecule has 1 atom stereocenters. The van der Waals surface area contributed by atoms with E-state index in [9.17, 15) is 10.1 Å². The second-order valence-corrected chi connectivity index (χ2v) is 4.41. The van der Waals surface area contributed by atoms with Crippen LogP contribution in [0.2, 0.25) is 0 Å². The summed E-state index contributed by atoms with van der Waals surface area (Å²) < 4.78 is 4.96. The lowest BCUT2D eigenvalue weighted by atomic mass is 9.77. The molecule has 6 heteroatoms. The van der Waals surface area contributed by atoms with Gasteiger partial charge in [-0.15, -0.1) is 12.4 Å². The van der Waals surface area contributed by atoms with Crippen LogP contribution in [0.1, 0.15) is 30.9 Å².